The number of esters is 1. The van der Waals surface area contributed by atoms with Crippen molar-refractivity contribution in [2.24, 2.45) is 5.92 Å². The van der Waals surface area contributed by atoms with Crippen LogP contribution in [0.3, 0.4) is 0 Å². The highest BCUT2D eigenvalue weighted by Gasteiger charge is 2.15. The molecule has 0 N–H and O–H groups in total. The highest BCUT2D eigenvalue weighted by atomic mass is 16.5. The quantitative estimate of drug-likeness (QED) is 0.646. The number of hydrogen-bond acceptors (Lipinski definition) is 2. The first-order valence-corrected chi connectivity index (χ1v) is 5.06. The predicted octanol–water partition coefficient (Wildman–Crippen LogP) is 2.85. The molecule has 0 heterocycles. The van der Waals surface area contributed by atoms with E-state index in [-0.39, 0.29) is 5.97 Å². The van der Waals surface area contributed by atoms with Crippen molar-refractivity contribution in [2.45, 2.75) is 33.1 Å². The van der Waals surface area contributed by atoms with E-state index in [2.05, 4.69) is 30.7 Å². The average molecular weight is 194 g/mol. The second-order valence-electron chi connectivity index (χ2n) is 3.94. The molecule has 1 rings (SSSR count). The van der Waals surface area contributed by atoms with Gasteiger partial charge in [0.05, 0.1) is 13.5 Å². The Morgan fingerprint density at radius 3 is 2.71 bits per heavy atom. The fraction of sp³-hybridized carbons (Fsp3) is 0.583. The van der Waals surface area contributed by atoms with Gasteiger partial charge in [-0.1, -0.05) is 30.2 Å². The number of carbonyl (C=O) groups is 1. The Kier molecular flexibility index (Phi) is 3.93. The van der Waals surface area contributed by atoms with Crippen LogP contribution >= 0.6 is 0 Å². The van der Waals surface area contributed by atoms with Crippen LogP contribution in [0.25, 0.3) is 0 Å². The molecule has 2 heteroatoms. The first-order chi connectivity index (χ1) is 6.63. The van der Waals surface area contributed by atoms with Gasteiger partial charge < -0.3 is 4.74 Å². The van der Waals surface area contributed by atoms with Crippen LogP contribution in [-0.2, 0) is 9.53 Å². The van der Waals surface area contributed by atoms with Gasteiger partial charge >= 0.3 is 5.97 Å². The maximum Gasteiger partial charge on any atom is 0.306 e. The highest BCUT2D eigenvalue weighted by molar-refractivity contribution is 5.69. The lowest BCUT2D eigenvalue weighted by Crippen LogP contribution is -2.10. The Morgan fingerprint density at radius 1 is 1.50 bits per heavy atom. The maximum absolute atomic E-state index is 11.1. The molecule has 78 valence electrons. The number of ether oxygens (including phenoxy) is 1. The molecule has 0 saturated carbocycles. The smallest absolute Gasteiger partial charge is 0.306 e. The monoisotopic (exact) mass is 194 g/mol. The predicted molar refractivity (Wildman–Crippen MR) is 56.9 cm³/mol. The molecule has 2 nitrogen and oxygen atoms in total. The van der Waals surface area contributed by atoms with Gasteiger partial charge in [-0.15, -0.1) is 0 Å². The SMILES string of the molecule is COC(=O)CC(C)C1=CC=C(C)CC1. The van der Waals surface area contributed by atoms with Crippen molar-refractivity contribution in [3.05, 3.63) is 23.3 Å². The lowest BCUT2D eigenvalue weighted by molar-refractivity contribution is -0.141. The molecule has 0 fully saturated rings. The van der Waals surface area contributed by atoms with Crippen LogP contribution in [0.4, 0.5) is 0 Å². The van der Waals surface area contributed by atoms with Gasteiger partial charge in [-0.25, -0.2) is 0 Å². The van der Waals surface area contributed by atoms with Crippen LogP contribution in [-0.4, -0.2) is 13.1 Å². The third-order valence-corrected chi connectivity index (χ3v) is 2.72. The normalized spacial score (nSPS) is 18.2. The molecule has 0 bridgehead atoms. The van der Waals surface area contributed by atoms with Crippen molar-refractivity contribution >= 4 is 5.97 Å². The van der Waals surface area contributed by atoms with Gasteiger partial charge in [-0.3, -0.25) is 4.79 Å². The fourth-order valence-electron chi connectivity index (χ4n) is 1.63. The Bertz CT molecular complexity index is 274. The summed E-state index contributed by atoms with van der Waals surface area (Å²) in [7, 11) is 1.44. The molecule has 14 heavy (non-hydrogen) atoms. The summed E-state index contributed by atoms with van der Waals surface area (Å²) in [6.07, 6.45) is 6.99. The van der Waals surface area contributed by atoms with Gasteiger partial charge in [0.2, 0.25) is 0 Å². The zero-order valence-corrected chi connectivity index (χ0v) is 9.17. The summed E-state index contributed by atoms with van der Waals surface area (Å²) in [5.74, 6) is 0.191. The minimum atomic E-state index is -0.121. The lowest BCUT2D eigenvalue weighted by Gasteiger charge is -2.17. The summed E-state index contributed by atoms with van der Waals surface area (Å²) < 4.78 is 4.65. The zero-order valence-electron chi connectivity index (χ0n) is 9.17. The van der Waals surface area contributed by atoms with Gasteiger partial charge in [-0.05, 0) is 25.7 Å². The molecular weight excluding hydrogens is 176 g/mol. The summed E-state index contributed by atoms with van der Waals surface area (Å²) >= 11 is 0. The third-order valence-electron chi connectivity index (χ3n) is 2.72. The Morgan fingerprint density at radius 2 is 2.21 bits per heavy atom. The summed E-state index contributed by atoms with van der Waals surface area (Å²) in [5, 5.41) is 0. The summed E-state index contributed by atoms with van der Waals surface area (Å²) in [5.41, 5.74) is 2.78. The van der Waals surface area contributed by atoms with E-state index in [1.807, 2.05) is 0 Å². The van der Waals surface area contributed by atoms with Crippen LogP contribution in [0, 0.1) is 5.92 Å². The van der Waals surface area contributed by atoms with E-state index in [0.29, 0.717) is 12.3 Å². The summed E-state index contributed by atoms with van der Waals surface area (Å²) in [6, 6.07) is 0. The van der Waals surface area contributed by atoms with Gasteiger partial charge in [-0.2, -0.15) is 0 Å². The maximum atomic E-state index is 11.1. The van der Waals surface area contributed by atoms with Gasteiger partial charge in [0.15, 0.2) is 0 Å². The van der Waals surface area contributed by atoms with E-state index in [4.69, 9.17) is 0 Å². The fourth-order valence-corrected chi connectivity index (χ4v) is 1.63. The molecule has 0 aromatic heterocycles. The van der Waals surface area contributed by atoms with Crippen LogP contribution < -0.4 is 0 Å². The van der Waals surface area contributed by atoms with Crippen molar-refractivity contribution in [3.63, 3.8) is 0 Å². The van der Waals surface area contributed by atoms with E-state index in [0.717, 1.165) is 12.8 Å². The van der Waals surface area contributed by atoms with Crippen LogP contribution in [0.1, 0.15) is 33.1 Å². The first kappa shape index (κ1) is 11.0. The third kappa shape index (κ3) is 3.02. The standard InChI is InChI=1S/C12H18O2/c1-9-4-6-11(7-5-9)10(2)8-12(13)14-3/h4,6,10H,5,7-8H2,1-3H3. The van der Waals surface area contributed by atoms with E-state index < -0.39 is 0 Å². The minimum Gasteiger partial charge on any atom is -0.469 e. The molecule has 0 aromatic rings. The average Bonchev–Trinajstić information content (AvgIpc) is 2.18. The van der Waals surface area contributed by atoms with Crippen molar-refractivity contribution in [1.29, 1.82) is 0 Å². The second-order valence-corrected chi connectivity index (χ2v) is 3.94. The Balaban J connectivity index is 2.53. The number of methoxy groups -OCH3 is 1. The number of carbonyl (C=O) groups excluding carboxylic acids is 1. The molecule has 0 radical (unpaired) electrons. The number of allylic oxidation sites excluding steroid dienone is 4. The number of rotatable bonds is 3. The molecule has 1 atom stereocenters. The molecule has 0 aromatic carbocycles. The molecule has 1 unspecified atom stereocenters. The number of hydrogen-bond donors (Lipinski definition) is 0. The highest BCUT2D eigenvalue weighted by Crippen LogP contribution is 2.25. The molecule has 0 saturated heterocycles. The van der Waals surface area contributed by atoms with Crippen molar-refractivity contribution in [2.75, 3.05) is 7.11 Å². The Labute approximate surface area is 85.6 Å². The molecule has 0 amide bonds. The van der Waals surface area contributed by atoms with Gasteiger partial charge in [0.25, 0.3) is 0 Å². The van der Waals surface area contributed by atoms with E-state index in [9.17, 15) is 4.79 Å². The second kappa shape index (κ2) is 4.99. The summed E-state index contributed by atoms with van der Waals surface area (Å²) in [6.45, 7) is 4.22. The van der Waals surface area contributed by atoms with Gasteiger partial charge in [0, 0.05) is 0 Å². The van der Waals surface area contributed by atoms with Crippen molar-refractivity contribution in [1.82, 2.24) is 0 Å². The van der Waals surface area contributed by atoms with Gasteiger partial charge in [0.1, 0.15) is 0 Å². The topological polar surface area (TPSA) is 26.3 Å². The molecule has 0 aliphatic heterocycles. The molecule has 1 aliphatic rings. The molecular formula is C12H18O2. The van der Waals surface area contributed by atoms with E-state index in [1.54, 1.807) is 0 Å². The van der Waals surface area contributed by atoms with E-state index in [1.165, 1.54) is 18.3 Å². The van der Waals surface area contributed by atoms with Crippen molar-refractivity contribution in [3.8, 4) is 0 Å². The first-order valence-electron chi connectivity index (χ1n) is 5.06. The van der Waals surface area contributed by atoms with Crippen LogP contribution in [0.15, 0.2) is 23.3 Å². The van der Waals surface area contributed by atoms with Crippen LogP contribution in [0.2, 0.25) is 0 Å². The van der Waals surface area contributed by atoms with E-state index >= 15 is 0 Å². The molecule has 1 aliphatic carbocycles. The van der Waals surface area contributed by atoms with Crippen molar-refractivity contribution < 1.29 is 9.53 Å². The zero-order chi connectivity index (χ0) is 10.6. The lowest BCUT2D eigenvalue weighted by atomic mass is 9.89. The van der Waals surface area contributed by atoms with Crippen LogP contribution in [0.5, 0.6) is 0 Å². The molecule has 0 spiro atoms. The summed E-state index contributed by atoms with van der Waals surface area (Å²) in [4.78, 5) is 11.1. The Hall–Kier alpha value is -1.05. The largest absolute Gasteiger partial charge is 0.469 e. The minimum absolute atomic E-state index is 0.121.